The third-order valence-corrected chi connectivity index (χ3v) is 3.60. The average Bonchev–Trinajstić information content (AvgIpc) is 2.43. The number of carbonyl (C=O) groups is 1. The van der Waals surface area contributed by atoms with Crippen LogP contribution in [0.4, 0.5) is 10.5 Å². The summed E-state index contributed by atoms with van der Waals surface area (Å²) in [5.74, 6) is 0. The average molecular weight is 273 g/mol. The highest BCUT2D eigenvalue weighted by atomic mass is 35.5. The molecule has 2 amide bonds. The van der Waals surface area contributed by atoms with Gasteiger partial charge in [-0.2, -0.15) is 0 Å². The number of amides is 2. The molecule has 96 valence electrons. The maximum atomic E-state index is 12.0. The van der Waals surface area contributed by atoms with Gasteiger partial charge in [0, 0.05) is 17.6 Å². The molecule has 0 spiro atoms. The summed E-state index contributed by atoms with van der Waals surface area (Å²) in [7, 11) is 1.75. The first kappa shape index (κ1) is 12.1. The molecular weight excluding hydrogens is 260 g/mol. The Kier molecular flexibility index (Phi) is 2.91. The molecule has 0 aliphatic carbocycles. The van der Waals surface area contributed by atoms with Gasteiger partial charge in [0.2, 0.25) is 0 Å². The first-order valence-corrected chi connectivity index (χ1v) is 6.43. The Morgan fingerprint density at radius 1 is 1.16 bits per heavy atom. The molecule has 19 heavy (non-hydrogen) atoms. The molecule has 0 bridgehead atoms. The number of hydrogen-bond acceptors (Lipinski definition) is 1. The number of hydrogen-bond donors (Lipinski definition) is 1. The predicted octanol–water partition coefficient (Wildman–Crippen LogP) is 3.59. The SMILES string of the molecule is CN1C(=O)N[C@H](c2ccccc2)c2cc(Cl)ccc21. The van der Waals surface area contributed by atoms with Crippen molar-refractivity contribution in [3.05, 3.63) is 64.7 Å². The fourth-order valence-electron chi connectivity index (χ4n) is 2.38. The zero-order chi connectivity index (χ0) is 13.4. The summed E-state index contributed by atoms with van der Waals surface area (Å²) in [6.45, 7) is 0. The lowest BCUT2D eigenvalue weighted by Crippen LogP contribution is -2.44. The Hall–Kier alpha value is -2.00. The summed E-state index contributed by atoms with van der Waals surface area (Å²) >= 11 is 6.08. The molecule has 3 rings (SSSR count). The lowest BCUT2D eigenvalue weighted by Gasteiger charge is -2.33. The van der Waals surface area contributed by atoms with E-state index in [1.54, 1.807) is 18.0 Å². The van der Waals surface area contributed by atoms with E-state index in [9.17, 15) is 4.79 Å². The van der Waals surface area contributed by atoms with Gasteiger partial charge in [-0.15, -0.1) is 0 Å². The van der Waals surface area contributed by atoms with Crippen LogP contribution in [-0.2, 0) is 0 Å². The van der Waals surface area contributed by atoms with E-state index >= 15 is 0 Å². The lowest BCUT2D eigenvalue weighted by molar-refractivity contribution is 0.244. The third kappa shape index (κ3) is 2.06. The standard InChI is InChI=1S/C15H13ClN2O/c1-18-13-8-7-11(16)9-12(13)14(17-15(18)19)10-5-3-2-4-6-10/h2-9,14H,1H3,(H,17,19)/t14-/m1/s1. The largest absolute Gasteiger partial charge is 0.327 e. The summed E-state index contributed by atoms with van der Waals surface area (Å²) in [6, 6.07) is 15.2. The molecule has 1 atom stereocenters. The van der Waals surface area contributed by atoms with Gasteiger partial charge in [-0.05, 0) is 23.8 Å². The van der Waals surface area contributed by atoms with Gasteiger partial charge in [0.15, 0.2) is 0 Å². The zero-order valence-corrected chi connectivity index (χ0v) is 11.2. The van der Waals surface area contributed by atoms with E-state index in [-0.39, 0.29) is 12.1 Å². The molecule has 2 aromatic rings. The molecule has 3 nitrogen and oxygen atoms in total. The van der Waals surface area contributed by atoms with Crippen molar-refractivity contribution >= 4 is 23.3 Å². The van der Waals surface area contributed by atoms with E-state index in [0.717, 1.165) is 16.8 Å². The van der Waals surface area contributed by atoms with E-state index in [1.165, 1.54) is 0 Å². The molecule has 1 aliphatic rings. The van der Waals surface area contributed by atoms with Crippen LogP contribution in [0.15, 0.2) is 48.5 Å². The number of rotatable bonds is 1. The number of benzene rings is 2. The molecule has 0 unspecified atom stereocenters. The van der Waals surface area contributed by atoms with Gasteiger partial charge in [0.05, 0.1) is 11.7 Å². The fourth-order valence-corrected chi connectivity index (χ4v) is 2.56. The molecule has 1 N–H and O–H groups in total. The number of fused-ring (bicyclic) bond motifs is 1. The molecular formula is C15H13ClN2O. The van der Waals surface area contributed by atoms with Crippen molar-refractivity contribution < 1.29 is 4.79 Å². The quantitative estimate of drug-likeness (QED) is 0.845. The van der Waals surface area contributed by atoms with Crippen LogP contribution in [0.2, 0.25) is 5.02 Å². The Balaban J connectivity index is 2.15. The number of halogens is 1. The highest BCUT2D eigenvalue weighted by Gasteiger charge is 2.29. The minimum absolute atomic E-state index is 0.108. The second kappa shape index (κ2) is 4.59. The maximum Gasteiger partial charge on any atom is 0.322 e. The number of anilines is 1. The van der Waals surface area contributed by atoms with E-state index < -0.39 is 0 Å². The topological polar surface area (TPSA) is 32.3 Å². The van der Waals surface area contributed by atoms with Crippen molar-refractivity contribution in [2.45, 2.75) is 6.04 Å². The van der Waals surface area contributed by atoms with Crippen LogP contribution in [0.5, 0.6) is 0 Å². The van der Waals surface area contributed by atoms with Gasteiger partial charge in [0.25, 0.3) is 0 Å². The Bertz CT molecular complexity index is 627. The van der Waals surface area contributed by atoms with Crippen molar-refractivity contribution in [2.75, 3.05) is 11.9 Å². The summed E-state index contributed by atoms with van der Waals surface area (Å²) in [5.41, 5.74) is 2.95. The number of nitrogens with one attached hydrogen (secondary N) is 1. The fraction of sp³-hybridized carbons (Fsp3) is 0.133. The van der Waals surface area contributed by atoms with Crippen LogP contribution in [-0.4, -0.2) is 13.1 Å². The summed E-state index contributed by atoms with van der Waals surface area (Å²) in [4.78, 5) is 13.6. The van der Waals surface area contributed by atoms with E-state index in [4.69, 9.17) is 11.6 Å². The van der Waals surface area contributed by atoms with Crippen LogP contribution in [0.1, 0.15) is 17.2 Å². The van der Waals surface area contributed by atoms with Gasteiger partial charge < -0.3 is 5.32 Å². The van der Waals surface area contributed by atoms with E-state index in [0.29, 0.717) is 5.02 Å². The predicted molar refractivity (Wildman–Crippen MR) is 76.7 cm³/mol. The molecule has 0 aromatic heterocycles. The summed E-state index contributed by atoms with van der Waals surface area (Å²) in [5, 5.41) is 3.66. The van der Waals surface area contributed by atoms with Gasteiger partial charge in [-0.1, -0.05) is 41.9 Å². The zero-order valence-electron chi connectivity index (χ0n) is 10.4. The minimum Gasteiger partial charge on any atom is -0.327 e. The molecule has 0 radical (unpaired) electrons. The van der Waals surface area contributed by atoms with Crippen molar-refractivity contribution in [3.8, 4) is 0 Å². The van der Waals surface area contributed by atoms with Gasteiger partial charge in [0.1, 0.15) is 0 Å². The van der Waals surface area contributed by atoms with Crippen molar-refractivity contribution in [2.24, 2.45) is 0 Å². The smallest absolute Gasteiger partial charge is 0.322 e. The second-order valence-electron chi connectivity index (χ2n) is 4.56. The highest BCUT2D eigenvalue weighted by molar-refractivity contribution is 6.30. The molecule has 1 aliphatic heterocycles. The maximum absolute atomic E-state index is 12.0. The second-order valence-corrected chi connectivity index (χ2v) is 4.99. The first-order chi connectivity index (χ1) is 9.16. The molecule has 0 saturated heterocycles. The monoisotopic (exact) mass is 272 g/mol. The van der Waals surface area contributed by atoms with Gasteiger partial charge >= 0.3 is 6.03 Å². The van der Waals surface area contributed by atoms with Crippen LogP contribution < -0.4 is 10.2 Å². The van der Waals surface area contributed by atoms with Crippen LogP contribution in [0.3, 0.4) is 0 Å². The summed E-state index contributed by atoms with van der Waals surface area (Å²) in [6.07, 6.45) is 0. The molecule has 0 fully saturated rings. The van der Waals surface area contributed by atoms with E-state index in [2.05, 4.69) is 5.32 Å². The lowest BCUT2D eigenvalue weighted by atomic mass is 9.95. The Labute approximate surface area is 116 Å². The number of nitrogens with zero attached hydrogens (tertiary/aromatic N) is 1. The van der Waals surface area contributed by atoms with Crippen LogP contribution in [0, 0.1) is 0 Å². The van der Waals surface area contributed by atoms with Crippen LogP contribution >= 0.6 is 11.6 Å². The van der Waals surface area contributed by atoms with Crippen LogP contribution in [0.25, 0.3) is 0 Å². The first-order valence-electron chi connectivity index (χ1n) is 6.05. The van der Waals surface area contributed by atoms with Crippen molar-refractivity contribution in [1.29, 1.82) is 0 Å². The van der Waals surface area contributed by atoms with Gasteiger partial charge in [-0.3, -0.25) is 4.90 Å². The number of carbonyl (C=O) groups excluding carboxylic acids is 1. The third-order valence-electron chi connectivity index (χ3n) is 3.37. The van der Waals surface area contributed by atoms with E-state index in [1.807, 2.05) is 42.5 Å². The highest BCUT2D eigenvalue weighted by Crippen LogP contribution is 2.35. The Morgan fingerprint density at radius 3 is 2.63 bits per heavy atom. The molecule has 4 heteroatoms. The van der Waals surface area contributed by atoms with Gasteiger partial charge in [-0.25, -0.2) is 4.79 Å². The molecule has 1 heterocycles. The number of urea groups is 1. The minimum atomic E-state index is -0.154. The normalized spacial score (nSPS) is 17.9. The van der Waals surface area contributed by atoms with Crippen molar-refractivity contribution in [3.63, 3.8) is 0 Å². The summed E-state index contributed by atoms with van der Waals surface area (Å²) < 4.78 is 0. The van der Waals surface area contributed by atoms with Crippen molar-refractivity contribution in [1.82, 2.24) is 5.32 Å². The molecule has 0 saturated carbocycles. The molecule has 2 aromatic carbocycles. The Morgan fingerprint density at radius 2 is 1.89 bits per heavy atom.